The zero-order valence-corrected chi connectivity index (χ0v) is 11.8. The van der Waals surface area contributed by atoms with Gasteiger partial charge in [0.15, 0.2) is 0 Å². The van der Waals surface area contributed by atoms with Crippen molar-refractivity contribution in [2.75, 3.05) is 13.2 Å². The first kappa shape index (κ1) is 13.9. The largest absolute Gasteiger partial charge is 0.417 e. The van der Waals surface area contributed by atoms with Crippen molar-refractivity contribution in [2.24, 2.45) is 0 Å². The molecule has 2 nitrogen and oxygen atoms in total. The van der Waals surface area contributed by atoms with Crippen molar-refractivity contribution in [2.45, 2.75) is 57.2 Å². The summed E-state index contributed by atoms with van der Waals surface area (Å²) in [5.41, 5.74) is 0.421. The van der Waals surface area contributed by atoms with Gasteiger partial charge in [-0.25, -0.2) is 0 Å². The van der Waals surface area contributed by atoms with Crippen LogP contribution in [0.2, 0.25) is 6.04 Å². The van der Waals surface area contributed by atoms with E-state index in [0.29, 0.717) is 12.3 Å². The maximum Gasteiger partial charge on any atom is 0.205 e. The smallest absolute Gasteiger partial charge is 0.205 e. The summed E-state index contributed by atoms with van der Waals surface area (Å²) in [5, 5.41) is 0. The first-order valence-electron chi connectivity index (χ1n) is 6.72. The molecular weight excluding hydrogens is 216 g/mol. The molecule has 0 saturated carbocycles. The van der Waals surface area contributed by atoms with Gasteiger partial charge in [0, 0.05) is 6.61 Å². The van der Waals surface area contributed by atoms with Gasteiger partial charge in [0.25, 0.3) is 0 Å². The molecule has 0 amide bonds. The number of rotatable bonds is 8. The van der Waals surface area contributed by atoms with Crippen LogP contribution in [0, 0.1) is 0 Å². The molecule has 0 aliphatic carbocycles. The Morgan fingerprint density at radius 3 is 2.94 bits per heavy atom. The number of hydrogen-bond donors (Lipinski definition) is 0. The number of unbranched alkanes of at least 4 members (excludes halogenated alkanes) is 2. The van der Waals surface area contributed by atoms with Crippen molar-refractivity contribution in [3.63, 3.8) is 0 Å². The number of hydrogen-bond acceptors (Lipinski definition) is 2. The zero-order chi connectivity index (χ0) is 11.6. The molecule has 1 saturated heterocycles. The highest BCUT2D eigenvalue weighted by Crippen LogP contribution is 2.19. The van der Waals surface area contributed by atoms with Crippen LogP contribution >= 0.6 is 0 Å². The Bertz CT molecular complexity index is 179. The Balaban J connectivity index is 2.31. The van der Waals surface area contributed by atoms with Crippen molar-refractivity contribution in [3.05, 3.63) is 12.7 Å². The summed E-state index contributed by atoms with van der Waals surface area (Å²) in [6.07, 6.45) is 9.51. The fraction of sp³-hybridized carbons (Fsp3) is 0.846. The van der Waals surface area contributed by atoms with Gasteiger partial charge in [0.05, 0.1) is 12.3 Å². The standard InChI is InChI=1S/C13H26O2Si/c1-3-5-6-9-13(14-10-4-2)16-12-8-7-11-15-16/h4,13,16H,2-3,5-12H2,1H3. The summed E-state index contributed by atoms with van der Waals surface area (Å²) in [4.78, 5) is 0. The molecular formula is C13H26O2Si. The monoisotopic (exact) mass is 242 g/mol. The Morgan fingerprint density at radius 1 is 1.44 bits per heavy atom. The van der Waals surface area contributed by atoms with Crippen LogP contribution in [0.15, 0.2) is 12.7 Å². The van der Waals surface area contributed by atoms with Crippen LogP contribution in [0.25, 0.3) is 0 Å². The van der Waals surface area contributed by atoms with Gasteiger partial charge in [-0.3, -0.25) is 0 Å². The topological polar surface area (TPSA) is 18.5 Å². The van der Waals surface area contributed by atoms with Crippen LogP contribution < -0.4 is 0 Å². The summed E-state index contributed by atoms with van der Waals surface area (Å²) in [6, 6.07) is 1.30. The van der Waals surface area contributed by atoms with E-state index in [-0.39, 0.29) is 0 Å². The van der Waals surface area contributed by atoms with Crippen LogP contribution in [0.3, 0.4) is 0 Å². The molecule has 3 heteroatoms. The lowest BCUT2D eigenvalue weighted by molar-refractivity contribution is 0.0971. The van der Waals surface area contributed by atoms with Gasteiger partial charge < -0.3 is 9.16 Å². The summed E-state index contributed by atoms with van der Waals surface area (Å²) in [7, 11) is -1.09. The van der Waals surface area contributed by atoms with Gasteiger partial charge >= 0.3 is 0 Å². The normalized spacial score (nSPS) is 22.9. The second kappa shape index (κ2) is 8.96. The highest BCUT2D eigenvalue weighted by Gasteiger charge is 2.26. The molecule has 94 valence electrons. The highest BCUT2D eigenvalue weighted by molar-refractivity contribution is 6.53. The molecule has 0 bridgehead atoms. The summed E-state index contributed by atoms with van der Waals surface area (Å²) >= 11 is 0. The fourth-order valence-corrected chi connectivity index (χ4v) is 5.07. The van der Waals surface area contributed by atoms with E-state index in [0.717, 1.165) is 6.61 Å². The van der Waals surface area contributed by atoms with E-state index in [1.807, 2.05) is 6.08 Å². The van der Waals surface area contributed by atoms with Gasteiger partial charge in [0.1, 0.15) is 0 Å². The van der Waals surface area contributed by atoms with Gasteiger partial charge in [-0.15, -0.1) is 6.58 Å². The maximum absolute atomic E-state index is 5.95. The predicted molar refractivity (Wildman–Crippen MR) is 71.2 cm³/mol. The van der Waals surface area contributed by atoms with Crippen LogP contribution in [0.5, 0.6) is 0 Å². The molecule has 16 heavy (non-hydrogen) atoms. The molecule has 1 fully saturated rings. The van der Waals surface area contributed by atoms with Crippen LogP contribution in [0.1, 0.15) is 45.4 Å². The van der Waals surface area contributed by atoms with Gasteiger partial charge in [-0.2, -0.15) is 0 Å². The third-order valence-corrected chi connectivity index (χ3v) is 6.15. The van der Waals surface area contributed by atoms with E-state index in [1.54, 1.807) is 0 Å². The van der Waals surface area contributed by atoms with Gasteiger partial charge in [-0.05, 0) is 18.9 Å². The molecule has 0 N–H and O–H groups in total. The van der Waals surface area contributed by atoms with E-state index in [4.69, 9.17) is 9.16 Å². The van der Waals surface area contributed by atoms with Crippen molar-refractivity contribution in [1.82, 2.24) is 0 Å². The molecule has 0 aromatic carbocycles. The third-order valence-electron chi connectivity index (χ3n) is 3.15. The quantitative estimate of drug-likeness (QED) is 0.370. The van der Waals surface area contributed by atoms with Crippen LogP contribution in [-0.4, -0.2) is 28.0 Å². The third kappa shape index (κ3) is 5.28. The van der Waals surface area contributed by atoms with Crippen molar-refractivity contribution in [1.29, 1.82) is 0 Å². The Hall–Kier alpha value is -0.123. The second-order valence-corrected chi connectivity index (χ2v) is 7.29. The molecule has 1 aliphatic heterocycles. The van der Waals surface area contributed by atoms with E-state index in [9.17, 15) is 0 Å². The van der Waals surface area contributed by atoms with Crippen LogP contribution in [-0.2, 0) is 9.16 Å². The van der Waals surface area contributed by atoms with Crippen molar-refractivity contribution >= 4 is 9.04 Å². The average molecular weight is 242 g/mol. The van der Waals surface area contributed by atoms with Gasteiger partial charge in [0.2, 0.25) is 9.04 Å². The molecule has 1 rings (SSSR count). The molecule has 1 heterocycles. The van der Waals surface area contributed by atoms with E-state index < -0.39 is 9.04 Å². The van der Waals surface area contributed by atoms with E-state index >= 15 is 0 Å². The minimum absolute atomic E-state index is 0.421. The van der Waals surface area contributed by atoms with Gasteiger partial charge in [-0.1, -0.05) is 38.7 Å². The predicted octanol–water partition coefficient (Wildman–Crippen LogP) is 3.21. The molecule has 0 aromatic heterocycles. The molecule has 0 spiro atoms. The van der Waals surface area contributed by atoms with Crippen LogP contribution in [0.4, 0.5) is 0 Å². The zero-order valence-electron chi connectivity index (χ0n) is 10.6. The molecule has 1 aliphatic rings. The lowest BCUT2D eigenvalue weighted by atomic mass is 10.2. The molecule has 0 radical (unpaired) electrons. The molecule has 0 aromatic rings. The lowest BCUT2D eigenvalue weighted by Gasteiger charge is -2.28. The minimum atomic E-state index is -1.09. The highest BCUT2D eigenvalue weighted by atomic mass is 28.3. The lowest BCUT2D eigenvalue weighted by Crippen LogP contribution is -2.39. The van der Waals surface area contributed by atoms with E-state index in [1.165, 1.54) is 44.6 Å². The van der Waals surface area contributed by atoms with Crippen molar-refractivity contribution < 1.29 is 9.16 Å². The SMILES string of the molecule is C=CCOC(CCCCC)[SiH]1CCCCO1. The summed E-state index contributed by atoms with van der Waals surface area (Å²) in [6.45, 7) is 7.62. The number of ether oxygens (including phenoxy) is 1. The van der Waals surface area contributed by atoms with Crippen molar-refractivity contribution in [3.8, 4) is 0 Å². The summed E-state index contributed by atoms with van der Waals surface area (Å²) in [5.74, 6) is 0. The minimum Gasteiger partial charge on any atom is -0.417 e. The maximum atomic E-state index is 5.95. The second-order valence-electron chi connectivity index (χ2n) is 4.56. The van der Waals surface area contributed by atoms with E-state index in [2.05, 4.69) is 13.5 Å². The Labute approximate surface area is 102 Å². The first-order chi connectivity index (χ1) is 7.88. The Morgan fingerprint density at radius 2 is 2.31 bits per heavy atom. The first-order valence-corrected chi connectivity index (χ1v) is 8.68. The molecule has 2 unspecified atom stereocenters. The average Bonchev–Trinajstić information content (AvgIpc) is 2.35. The summed E-state index contributed by atoms with van der Waals surface area (Å²) < 4.78 is 11.8. The fourth-order valence-electron chi connectivity index (χ4n) is 2.22. The Kier molecular flexibility index (Phi) is 7.81. The molecule has 2 atom stereocenters.